The fourth-order valence-corrected chi connectivity index (χ4v) is 4.33. The van der Waals surface area contributed by atoms with E-state index in [9.17, 15) is 13.2 Å². The van der Waals surface area contributed by atoms with Crippen molar-refractivity contribution in [3.05, 3.63) is 0 Å². The van der Waals surface area contributed by atoms with Gasteiger partial charge in [0.1, 0.15) is 6.04 Å². The summed E-state index contributed by atoms with van der Waals surface area (Å²) in [5.41, 5.74) is 0. The molecule has 18 heavy (non-hydrogen) atoms. The first-order chi connectivity index (χ1) is 8.53. The minimum absolute atomic E-state index is 0.209. The van der Waals surface area contributed by atoms with Crippen molar-refractivity contribution >= 4 is 16.1 Å². The van der Waals surface area contributed by atoms with Crippen molar-refractivity contribution in [1.29, 1.82) is 0 Å². The van der Waals surface area contributed by atoms with Crippen molar-refractivity contribution in [1.82, 2.24) is 13.9 Å². The Morgan fingerprint density at radius 2 is 1.72 bits per heavy atom. The molecule has 2 fully saturated rings. The number of nitrogens with zero attached hydrogens (tertiary/aromatic N) is 2. The minimum Gasteiger partial charge on any atom is -0.353 e. The summed E-state index contributed by atoms with van der Waals surface area (Å²) in [5, 5.41) is 2.69. The van der Waals surface area contributed by atoms with Crippen LogP contribution in [0.1, 0.15) is 32.6 Å². The maximum absolute atomic E-state index is 12.5. The quantitative estimate of drug-likeness (QED) is 0.767. The van der Waals surface area contributed by atoms with Gasteiger partial charge < -0.3 is 5.32 Å². The molecule has 0 aromatic rings. The van der Waals surface area contributed by atoms with Crippen molar-refractivity contribution < 1.29 is 13.2 Å². The summed E-state index contributed by atoms with van der Waals surface area (Å²) in [7, 11) is -3.48. The van der Waals surface area contributed by atoms with Crippen LogP contribution in [0.3, 0.4) is 0 Å². The van der Waals surface area contributed by atoms with Gasteiger partial charge in [-0.05, 0) is 19.8 Å². The highest BCUT2D eigenvalue weighted by molar-refractivity contribution is 7.86. The van der Waals surface area contributed by atoms with E-state index in [0.29, 0.717) is 26.2 Å². The summed E-state index contributed by atoms with van der Waals surface area (Å²) in [6, 6.07) is -0.605. The molecule has 0 bridgehead atoms. The predicted molar refractivity (Wildman–Crippen MR) is 68.1 cm³/mol. The van der Waals surface area contributed by atoms with Gasteiger partial charge in [0.2, 0.25) is 5.91 Å². The third kappa shape index (κ3) is 2.67. The number of carbonyl (C=O) groups excluding carboxylic acids is 1. The Hall–Kier alpha value is -0.660. The van der Waals surface area contributed by atoms with Crippen LogP contribution in [0.15, 0.2) is 0 Å². The van der Waals surface area contributed by atoms with Gasteiger partial charge in [0.05, 0.1) is 0 Å². The van der Waals surface area contributed by atoms with Gasteiger partial charge in [-0.3, -0.25) is 4.79 Å². The molecule has 2 rings (SSSR count). The van der Waals surface area contributed by atoms with Crippen molar-refractivity contribution in [2.75, 3.05) is 26.2 Å². The first-order valence-electron chi connectivity index (χ1n) is 6.58. The Kier molecular flexibility index (Phi) is 4.24. The summed E-state index contributed by atoms with van der Waals surface area (Å²) in [6.07, 6.45) is 3.99. The zero-order chi connectivity index (χ0) is 13.2. The predicted octanol–water partition coefficient (Wildman–Crippen LogP) is -0.0725. The molecular formula is C11H21N3O3S. The van der Waals surface area contributed by atoms with Crippen LogP contribution in [0.25, 0.3) is 0 Å². The van der Waals surface area contributed by atoms with Crippen LogP contribution < -0.4 is 5.32 Å². The van der Waals surface area contributed by atoms with Gasteiger partial charge in [-0.25, -0.2) is 0 Å². The van der Waals surface area contributed by atoms with Gasteiger partial charge in [0.25, 0.3) is 10.2 Å². The zero-order valence-corrected chi connectivity index (χ0v) is 11.6. The third-order valence-corrected chi connectivity index (χ3v) is 5.74. The third-order valence-electron chi connectivity index (χ3n) is 3.63. The van der Waals surface area contributed by atoms with Crippen molar-refractivity contribution in [3.63, 3.8) is 0 Å². The molecule has 104 valence electrons. The molecule has 0 radical (unpaired) electrons. The van der Waals surface area contributed by atoms with Gasteiger partial charge in [-0.15, -0.1) is 0 Å². The van der Waals surface area contributed by atoms with Crippen molar-refractivity contribution in [3.8, 4) is 0 Å². The zero-order valence-electron chi connectivity index (χ0n) is 10.8. The monoisotopic (exact) mass is 275 g/mol. The second-order valence-corrected chi connectivity index (χ2v) is 6.78. The molecule has 0 aromatic heterocycles. The van der Waals surface area contributed by atoms with E-state index >= 15 is 0 Å². The van der Waals surface area contributed by atoms with Gasteiger partial charge in [-0.2, -0.15) is 17.0 Å². The number of piperazine rings is 1. The van der Waals surface area contributed by atoms with Crippen molar-refractivity contribution in [2.45, 2.75) is 38.6 Å². The van der Waals surface area contributed by atoms with Crippen LogP contribution in [-0.2, 0) is 15.0 Å². The smallest absolute Gasteiger partial charge is 0.282 e. The SMILES string of the molecule is CC1C(=O)NCCN1S(=O)(=O)N1CCCCCC1. The normalized spacial score (nSPS) is 28.7. The highest BCUT2D eigenvalue weighted by atomic mass is 32.2. The number of carbonyl (C=O) groups is 1. The second kappa shape index (κ2) is 5.54. The molecule has 6 nitrogen and oxygen atoms in total. The van der Waals surface area contributed by atoms with Crippen molar-refractivity contribution in [2.24, 2.45) is 0 Å². The topological polar surface area (TPSA) is 69.7 Å². The molecule has 7 heteroatoms. The molecule has 0 spiro atoms. The van der Waals surface area contributed by atoms with Gasteiger partial charge in [0, 0.05) is 26.2 Å². The molecule has 0 aliphatic carbocycles. The highest BCUT2D eigenvalue weighted by Crippen LogP contribution is 2.19. The molecule has 0 saturated carbocycles. The summed E-state index contributed by atoms with van der Waals surface area (Å²) in [5.74, 6) is -0.209. The van der Waals surface area contributed by atoms with E-state index in [1.807, 2.05) is 0 Å². The lowest BCUT2D eigenvalue weighted by Crippen LogP contribution is -2.59. The first-order valence-corrected chi connectivity index (χ1v) is 7.98. The number of nitrogens with one attached hydrogen (secondary N) is 1. The fourth-order valence-electron chi connectivity index (χ4n) is 2.50. The van der Waals surface area contributed by atoms with Crippen LogP contribution in [0, 0.1) is 0 Å². The lowest BCUT2D eigenvalue weighted by atomic mass is 10.2. The molecule has 1 amide bonds. The van der Waals surface area contributed by atoms with Crippen LogP contribution in [0.5, 0.6) is 0 Å². The summed E-state index contributed by atoms with van der Waals surface area (Å²) in [6.45, 7) is 3.56. The van der Waals surface area contributed by atoms with E-state index < -0.39 is 16.3 Å². The Bertz CT molecular complexity index is 402. The number of hydrogen-bond acceptors (Lipinski definition) is 3. The maximum Gasteiger partial charge on any atom is 0.282 e. The van der Waals surface area contributed by atoms with Crippen LogP contribution in [0.4, 0.5) is 0 Å². The molecule has 2 saturated heterocycles. The molecule has 2 aliphatic rings. The number of rotatable bonds is 2. The van der Waals surface area contributed by atoms with Gasteiger partial charge >= 0.3 is 0 Å². The molecule has 1 N–H and O–H groups in total. The molecule has 0 aromatic carbocycles. The Balaban J connectivity index is 2.15. The second-order valence-electron chi connectivity index (χ2n) is 4.90. The molecule has 2 aliphatic heterocycles. The average Bonchev–Trinajstić information content (AvgIpc) is 2.61. The maximum atomic E-state index is 12.5. The summed E-state index contributed by atoms with van der Waals surface area (Å²) >= 11 is 0. The van der Waals surface area contributed by atoms with E-state index in [4.69, 9.17) is 0 Å². The van der Waals surface area contributed by atoms with Crippen LogP contribution >= 0.6 is 0 Å². The first kappa shape index (κ1) is 13.8. The lowest BCUT2D eigenvalue weighted by Gasteiger charge is -2.35. The van der Waals surface area contributed by atoms with Crippen LogP contribution in [-0.4, -0.2) is 55.2 Å². The van der Waals surface area contributed by atoms with E-state index in [0.717, 1.165) is 25.7 Å². The number of amides is 1. The van der Waals surface area contributed by atoms with Gasteiger partial charge in [-0.1, -0.05) is 12.8 Å². The lowest BCUT2D eigenvalue weighted by molar-refractivity contribution is -0.126. The van der Waals surface area contributed by atoms with Crippen LogP contribution in [0.2, 0.25) is 0 Å². The minimum atomic E-state index is -3.48. The Morgan fingerprint density at radius 3 is 2.33 bits per heavy atom. The Morgan fingerprint density at radius 1 is 1.11 bits per heavy atom. The highest BCUT2D eigenvalue weighted by Gasteiger charge is 2.38. The van der Waals surface area contributed by atoms with E-state index in [-0.39, 0.29) is 5.91 Å². The molecule has 2 heterocycles. The summed E-state index contributed by atoms with van der Waals surface area (Å²) in [4.78, 5) is 11.6. The standard InChI is InChI=1S/C11H21N3O3S/c1-10-11(15)12-6-9-14(10)18(16,17)13-7-4-2-3-5-8-13/h10H,2-9H2,1H3,(H,12,15). The fraction of sp³-hybridized carbons (Fsp3) is 0.909. The largest absolute Gasteiger partial charge is 0.353 e. The van der Waals surface area contributed by atoms with E-state index in [1.54, 1.807) is 6.92 Å². The van der Waals surface area contributed by atoms with Gasteiger partial charge in [0.15, 0.2) is 0 Å². The van der Waals surface area contributed by atoms with E-state index in [2.05, 4.69) is 5.32 Å². The molecule has 1 atom stereocenters. The average molecular weight is 275 g/mol. The summed E-state index contributed by atoms with van der Waals surface area (Å²) < 4.78 is 27.9. The van der Waals surface area contributed by atoms with E-state index in [1.165, 1.54) is 8.61 Å². The molecule has 1 unspecified atom stereocenters. The Labute approximate surface area is 109 Å². The molecular weight excluding hydrogens is 254 g/mol. The number of hydrogen-bond donors (Lipinski definition) is 1.